The van der Waals surface area contributed by atoms with Crippen LogP contribution in [0.25, 0.3) is 5.57 Å². The largest absolute Gasteiger partial charge is 0.420 e. The third-order valence-electron chi connectivity index (χ3n) is 5.22. The van der Waals surface area contributed by atoms with Gasteiger partial charge in [-0.3, -0.25) is 4.90 Å². The maximum Gasteiger partial charge on any atom is 0.420 e. The molecule has 9 nitrogen and oxygen atoms in total. The highest BCUT2D eigenvalue weighted by Gasteiger charge is 2.41. The number of sulfone groups is 1. The quantitative estimate of drug-likeness (QED) is 0.295. The molecule has 0 aliphatic rings. The third kappa shape index (κ3) is 7.56. The zero-order chi connectivity index (χ0) is 30.8. The number of rotatable bonds is 6. The second kappa shape index (κ2) is 11.5. The van der Waals surface area contributed by atoms with Crippen LogP contribution in [0.4, 0.5) is 47.0 Å². The number of aliphatic imine (C=N–C) groups is 1. The van der Waals surface area contributed by atoms with Crippen LogP contribution in [-0.2, 0) is 22.2 Å². The summed E-state index contributed by atoms with van der Waals surface area (Å²) in [7, 11) is -2.65. The third-order valence-corrected chi connectivity index (χ3v) is 6.19. The van der Waals surface area contributed by atoms with Gasteiger partial charge in [0.15, 0.2) is 26.4 Å². The van der Waals surface area contributed by atoms with Crippen LogP contribution in [0.5, 0.6) is 5.75 Å². The van der Waals surface area contributed by atoms with E-state index in [9.17, 15) is 43.9 Å². The molecule has 3 aromatic rings. The minimum absolute atomic E-state index is 0.00862. The van der Waals surface area contributed by atoms with E-state index in [1.165, 1.54) is 0 Å². The number of amides is 1. The van der Waals surface area contributed by atoms with Crippen LogP contribution >= 0.6 is 0 Å². The number of aromatic nitrogens is 2. The van der Waals surface area contributed by atoms with Gasteiger partial charge in [-0.05, 0) is 36.4 Å². The van der Waals surface area contributed by atoms with E-state index in [0.717, 1.165) is 56.2 Å². The molecule has 2 aromatic carbocycles. The standard InChI is InChI=1S/C24H18F7N5O4S/c1-36(16-5-3-15(25)4-6-16)22(37)40-21-17(7-14(23(26,27)28)8-18(21)24(29,30)31)13(9-32)10-33-19-11-35-20(12-34-19)41(2,38)39/h3-12H,32H2,1-2H3. The topological polar surface area (TPSA) is 128 Å². The molecule has 0 fully saturated rings. The fourth-order valence-electron chi connectivity index (χ4n) is 3.16. The van der Waals surface area contributed by atoms with Gasteiger partial charge in [-0.1, -0.05) is 0 Å². The van der Waals surface area contributed by atoms with Crippen molar-refractivity contribution in [2.75, 3.05) is 18.2 Å². The summed E-state index contributed by atoms with van der Waals surface area (Å²) < 4.78 is 124. The summed E-state index contributed by atoms with van der Waals surface area (Å²) in [6.45, 7) is 0. The second-order valence-electron chi connectivity index (χ2n) is 8.16. The Morgan fingerprint density at radius 3 is 2.15 bits per heavy atom. The van der Waals surface area contributed by atoms with Crippen molar-refractivity contribution in [2.24, 2.45) is 10.7 Å². The van der Waals surface area contributed by atoms with Gasteiger partial charge in [-0.2, -0.15) is 26.3 Å². The number of halogens is 7. The van der Waals surface area contributed by atoms with Gasteiger partial charge in [-0.25, -0.2) is 32.6 Å². The van der Waals surface area contributed by atoms with Crippen LogP contribution < -0.4 is 15.4 Å². The van der Waals surface area contributed by atoms with Gasteiger partial charge >= 0.3 is 18.4 Å². The summed E-state index contributed by atoms with van der Waals surface area (Å²) in [6.07, 6.45) is -8.25. The van der Waals surface area contributed by atoms with Gasteiger partial charge in [0.1, 0.15) is 5.82 Å². The molecule has 41 heavy (non-hydrogen) atoms. The summed E-state index contributed by atoms with van der Waals surface area (Å²) in [5.74, 6) is -2.28. The molecule has 0 saturated heterocycles. The van der Waals surface area contributed by atoms with Crippen LogP contribution in [0.2, 0.25) is 0 Å². The molecule has 0 saturated carbocycles. The van der Waals surface area contributed by atoms with Crippen molar-refractivity contribution in [1.82, 2.24) is 9.97 Å². The van der Waals surface area contributed by atoms with Crippen molar-refractivity contribution in [3.63, 3.8) is 0 Å². The minimum atomic E-state index is -5.44. The van der Waals surface area contributed by atoms with E-state index in [4.69, 9.17) is 10.5 Å². The Morgan fingerprint density at radius 2 is 1.66 bits per heavy atom. The lowest BCUT2D eigenvalue weighted by molar-refractivity contribution is -0.143. The van der Waals surface area contributed by atoms with Crippen molar-refractivity contribution in [2.45, 2.75) is 17.4 Å². The summed E-state index contributed by atoms with van der Waals surface area (Å²) >= 11 is 0. The first kappa shape index (κ1) is 31.0. The first-order chi connectivity index (χ1) is 18.9. The number of hydrogen-bond donors (Lipinski definition) is 1. The van der Waals surface area contributed by atoms with Crippen LogP contribution in [0.15, 0.2) is 65.0 Å². The van der Waals surface area contributed by atoms with Crippen LogP contribution in [0.3, 0.4) is 0 Å². The number of carbonyl (C=O) groups excluding carboxylic acids is 1. The molecule has 0 aliphatic carbocycles. The normalized spacial score (nSPS) is 13.0. The van der Waals surface area contributed by atoms with E-state index in [1.54, 1.807) is 0 Å². The van der Waals surface area contributed by atoms with Crippen LogP contribution in [0, 0.1) is 5.82 Å². The lowest BCUT2D eigenvalue weighted by atomic mass is 9.98. The van der Waals surface area contributed by atoms with Gasteiger partial charge in [0.2, 0.25) is 0 Å². The van der Waals surface area contributed by atoms with Gasteiger partial charge < -0.3 is 10.5 Å². The summed E-state index contributed by atoms with van der Waals surface area (Å²) in [4.78, 5) is 24.6. The number of benzene rings is 2. The van der Waals surface area contributed by atoms with Gasteiger partial charge in [0, 0.05) is 42.5 Å². The van der Waals surface area contributed by atoms with Crippen LogP contribution in [-0.4, -0.2) is 44.0 Å². The molecule has 0 unspecified atom stereocenters. The molecule has 218 valence electrons. The summed E-state index contributed by atoms with van der Waals surface area (Å²) in [6, 6.07) is 4.19. The SMILES string of the molecule is CN(C(=O)Oc1c(C(C=Nc2cnc(S(C)(=O)=O)cn2)=CN)cc(C(F)(F)F)cc1C(F)(F)F)c1ccc(F)cc1. The first-order valence-corrected chi connectivity index (χ1v) is 12.8. The van der Waals surface area contributed by atoms with E-state index >= 15 is 0 Å². The van der Waals surface area contributed by atoms with Crippen LogP contribution in [0.1, 0.15) is 16.7 Å². The van der Waals surface area contributed by atoms with E-state index in [1.807, 2.05) is 0 Å². The lowest BCUT2D eigenvalue weighted by Gasteiger charge is -2.22. The van der Waals surface area contributed by atoms with Gasteiger partial charge in [0.25, 0.3) is 0 Å². The molecule has 1 amide bonds. The molecular weight excluding hydrogens is 587 g/mol. The average Bonchev–Trinajstić information content (AvgIpc) is 2.88. The molecule has 3 rings (SSSR count). The smallest absolute Gasteiger partial charge is 0.409 e. The highest BCUT2D eigenvalue weighted by Crippen LogP contribution is 2.44. The molecule has 0 radical (unpaired) electrons. The van der Waals surface area contributed by atoms with Gasteiger partial charge in [-0.15, -0.1) is 0 Å². The Morgan fingerprint density at radius 1 is 1.02 bits per heavy atom. The van der Waals surface area contributed by atoms with Gasteiger partial charge in [0.05, 0.1) is 23.5 Å². The Kier molecular flexibility index (Phi) is 8.71. The highest BCUT2D eigenvalue weighted by atomic mass is 32.2. The maximum atomic E-state index is 14.0. The van der Waals surface area contributed by atoms with Crippen molar-refractivity contribution in [3.05, 3.63) is 77.5 Å². The zero-order valence-corrected chi connectivity index (χ0v) is 21.6. The van der Waals surface area contributed by atoms with E-state index < -0.39 is 67.1 Å². The van der Waals surface area contributed by atoms with Crippen molar-refractivity contribution in [1.29, 1.82) is 0 Å². The van der Waals surface area contributed by atoms with E-state index in [0.29, 0.717) is 11.1 Å². The molecule has 0 atom stereocenters. The second-order valence-corrected chi connectivity index (χ2v) is 10.1. The highest BCUT2D eigenvalue weighted by molar-refractivity contribution is 7.90. The maximum absolute atomic E-state index is 14.0. The number of carbonyl (C=O) groups is 1. The zero-order valence-electron chi connectivity index (χ0n) is 20.8. The Balaban J connectivity index is 2.15. The fourth-order valence-corrected chi connectivity index (χ4v) is 3.65. The number of hydrogen-bond acceptors (Lipinski definition) is 8. The number of anilines is 1. The monoisotopic (exact) mass is 605 g/mol. The molecule has 17 heteroatoms. The van der Waals surface area contributed by atoms with E-state index in [2.05, 4.69) is 15.0 Å². The molecule has 0 aliphatic heterocycles. The Bertz CT molecular complexity index is 1600. The lowest BCUT2D eigenvalue weighted by Crippen LogP contribution is -2.30. The molecule has 1 aromatic heterocycles. The molecule has 1 heterocycles. The van der Waals surface area contributed by atoms with Crippen molar-refractivity contribution >= 4 is 39.2 Å². The number of ether oxygens (including phenoxy) is 1. The van der Waals surface area contributed by atoms with Crippen molar-refractivity contribution < 1.29 is 48.7 Å². The number of allylic oxidation sites excluding steroid dienone is 1. The first-order valence-electron chi connectivity index (χ1n) is 10.9. The minimum Gasteiger partial charge on any atom is -0.409 e. The number of alkyl halides is 6. The van der Waals surface area contributed by atoms with E-state index in [-0.39, 0.29) is 23.6 Å². The predicted molar refractivity (Wildman–Crippen MR) is 133 cm³/mol. The fraction of sp³-hybridized carbons (Fsp3) is 0.167. The molecular formula is C24H18F7N5O4S. The predicted octanol–water partition coefficient (Wildman–Crippen LogP) is 5.39. The number of nitrogens with two attached hydrogens (primary N) is 1. The summed E-state index contributed by atoms with van der Waals surface area (Å²) in [5, 5.41) is -0.418. The Labute approximate surface area is 227 Å². The molecule has 2 N–H and O–H groups in total. The van der Waals surface area contributed by atoms with Crippen molar-refractivity contribution in [3.8, 4) is 5.75 Å². The molecule has 0 bridgehead atoms. The number of nitrogens with zero attached hydrogens (tertiary/aromatic N) is 4. The summed E-state index contributed by atoms with van der Waals surface area (Å²) in [5.41, 5.74) is 0.333. The average molecular weight is 605 g/mol. The molecule has 0 spiro atoms. The Hall–Kier alpha value is -4.54.